The molecule has 0 amide bonds. The van der Waals surface area contributed by atoms with Crippen LogP contribution in [0.3, 0.4) is 0 Å². The lowest BCUT2D eigenvalue weighted by Crippen LogP contribution is -2.24. The standard InChI is InChI=1S/C13H21N3O3/c1-5-10-11(12(17)18-4)14-15-16(10)8-9-6-7-13(2,3)19-9/h9H,5-8H2,1-4H3. The molecule has 1 aromatic rings. The number of methoxy groups -OCH3 is 1. The zero-order valence-electron chi connectivity index (χ0n) is 12.0. The molecule has 1 aliphatic heterocycles. The van der Waals surface area contributed by atoms with E-state index in [1.54, 1.807) is 4.68 Å². The van der Waals surface area contributed by atoms with Crippen molar-refractivity contribution in [1.29, 1.82) is 0 Å². The highest BCUT2D eigenvalue weighted by Crippen LogP contribution is 2.30. The van der Waals surface area contributed by atoms with Gasteiger partial charge in [0, 0.05) is 0 Å². The summed E-state index contributed by atoms with van der Waals surface area (Å²) in [5, 5.41) is 7.97. The Morgan fingerprint density at radius 1 is 1.58 bits per heavy atom. The largest absolute Gasteiger partial charge is 0.464 e. The van der Waals surface area contributed by atoms with E-state index in [1.165, 1.54) is 7.11 Å². The average Bonchev–Trinajstić information content (AvgIpc) is 2.92. The van der Waals surface area contributed by atoms with Crippen LogP contribution >= 0.6 is 0 Å². The van der Waals surface area contributed by atoms with Gasteiger partial charge in [-0.3, -0.25) is 0 Å². The van der Waals surface area contributed by atoms with Gasteiger partial charge in [0.2, 0.25) is 0 Å². The molecule has 1 saturated heterocycles. The summed E-state index contributed by atoms with van der Waals surface area (Å²) >= 11 is 0. The van der Waals surface area contributed by atoms with Crippen molar-refractivity contribution in [3.05, 3.63) is 11.4 Å². The second-order valence-electron chi connectivity index (χ2n) is 5.45. The topological polar surface area (TPSA) is 66.2 Å². The first-order chi connectivity index (χ1) is 8.96. The molecule has 106 valence electrons. The molecule has 0 N–H and O–H groups in total. The van der Waals surface area contributed by atoms with Crippen LogP contribution in [0, 0.1) is 0 Å². The Morgan fingerprint density at radius 3 is 2.84 bits per heavy atom. The molecule has 6 heteroatoms. The van der Waals surface area contributed by atoms with Gasteiger partial charge in [0.15, 0.2) is 5.69 Å². The fraction of sp³-hybridized carbons (Fsp3) is 0.769. The predicted molar refractivity (Wildman–Crippen MR) is 68.9 cm³/mol. The smallest absolute Gasteiger partial charge is 0.360 e. The van der Waals surface area contributed by atoms with Gasteiger partial charge < -0.3 is 9.47 Å². The Morgan fingerprint density at radius 2 is 2.32 bits per heavy atom. The van der Waals surface area contributed by atoms with Gasteiger partial charge in [0.25, 0.3) is 0 Å². The molecule has 0 saturated carbocycles. The number of hydrogen-bond donors (Lipinski definition) is 0. The Labute approximate surface area is 113 Å². The molecule has 0 spiro atoms. The second kappa shape index (κ2) is 5.28. The number of nitrogens with zero attached hydrogens (tertiary/aromatic N) is 3. The molecule has 1 unspecified atom stereocenters. The molecular formula is C13H21N3O3. The van der Waals surface area contributed by atoms with Gasteiger partial charge in [0.1, 0.15) is 0 Å². The van der Waals surface area contributed by atoms with Gasteiger partial charge in [-0.1, -0.05) is 12.1 Å². The van der Waals surface area contributed by atoms with Crippen molar-refractivity contribution < 1.29 is 14.3 Å². The van der Waals surface area contributed by atoms with Crippen LogP contribution in [0.5, 0.6) is 0 Å². The van der Waals surface area contributed by atoms with Crippen molar-refractivity contribution >= 4 is 5.97 Å². The first-order valence-electron chi connectivity index (χ1n) is 6.65. The monoisotopic (exact) mass is 267 g/mol. The summed E-state index contributed by atoms with van der Waals surface area (Å²) in [4.78, 5) is 11.6. The van der Waals surface area contributed by atoms with E-state index in [-0.39, 0.29) is 11.7 Å². The number of carbonyl (C=O) groups is 1. The highest BCUT2D eigenvalue weighted by molar-refractivity contribution is 5.88. The number of hydrogen-bond acceptors (Lipinski definition) is 5. The van der Waals surface area contributed by atoms with Crippen LogP contribution < -0.4 is 0 Å². The molecule has 0 bridgehead atoms. The summed E-state index contributed by atoms with van der Waals surface area (Å²) in [6, 6.07) is 0. The first-order valence-corrected chi connectivity index (χ1v) is 6.65. The number of rotatable bonds is 4. The van der Waals surface area contributed by atoms with Gasteiger partial charge in [-0.2, -0.15) is 0 Å². The molecule has 2 rings (SSSR count). The van der Waals surface area contributed by atoms with Crippen molar-refractivity contribution in [2.24, 2.45) is 0 Å². The number of carbonyl (C=O) groups excluding carboxylic acids is 1. The SMILES string of the molecule is CCc1c(C(=O)OC)nnn1CC1CCC(C)(C)O1. The minimum Gasteiger partial charge on any atom is -0.464 e. The first kappa shape index (κ1) is 14.0. The zero-order chi connectivity index (χ0) is 14.0. The number of aromatic nitrogens is 3. The molecule has 0 aromatic carbocycles. The molecule has 1 fully saturated rings. The van der Waals surface area contributed by atoms with Crippen LogP contribution in [0.1, 0.15) is 49.8 Å². The maximum Gasteiger partial charge on any atom is 0.360 e. The van der Waals surface area contributed by atoms with E-state index in [2.05, 4.69) is 24.2 Å². The highest BCUT2D eigenvalue weighted by atomic mass is 16.5. The lowest BCUT2D eigenvalue weighted by atomic mass is 10.1. The predicted octanol–water partition coefficient (Wildman–Crippen LogP) is 1.58. The molecule has 1 atom stereocenters. The van der Waals surface area contributed by atoms with Crippen LogP contribution in [0.2, 0.25) is 0 Å². The molecule has 1 aromatic heterocycles. The van der Waals surface area contributed by atoms with Crippen LogP contribution in [-0.4, -0.2) is 39.8 Å². The Bertz CT molecular complexity index is 468. The Hall–Kier alpha value is -1.43. The third-order valence-corrected chi connectivity index (χ3v) is 3.48. The summed E-state index contributed by atoms with van der Waals surface area (Å²) < 4.78 is 12.4. The van der Waals surface area contributed by atoms with Crippen molar-refractivity contribution in [3.63, 3.8) is 0 Å². The highest BCUT2D eigenvalue weighted by Gasteiger charge is 2.32. The maximum absolute atomic E-state index is 11.6. The van der Waals surface area contributed by atoms with E-state index < -0.39 is 5.97 Å². The second-order valence-corrected chi connectivity index (χ2v) is 5.45. The summed E-state index contributed by atoms with van der Waals surface area (Å²) in [5.41, 5.74) is 1.05. The van der Waals surface area contributed by atoms with Gasteiger partial charge >= 0.3 is 5.97 Å². The summed E-state index contributed by atoms with van der Waals surface area (Å²) in [6.07, 6.45) is 2.86. The van der Waals surface area contributed by atoms with E-state index in [9.17, 15) is 4.79 Å². The lowest BCUT2D eigenvalue weighted by molar-refractivity contribution is -0.0234. The van der Waals surface area contributed by atoms with Crippen molar-refractivity contribution in [2.45, 2.75) is 58.3 Å². The molecule has 6 nitrogen and oxygen atoms in total. The minimum absolute atomic E-state index is 0.0667. The molecule has 1 aliphatic rings. The average molecular weight is 267 g/mol. The fourth-order valence-corrected chi connectivity index (χ4v) is 2.48. The number of esters is 1. The van der Waals surface area contributed by atoms with E-state index >= 15 is 0 Å². The lowest BCUT2D eigenvalue weighted by Gasteiger charge is -2.19. The summed E-state index contributed by atoms with van der Waals surface area (Å²) in [7, 11) is 1.35. The summed E-state index contributed by atoms with van der Waals surface area (Å²) in [5.74, 6) is -0.434. The maximum atomic E-state index is 11.6. The van der Waals surface area contributed by atoms with Crippen molar-refractivity contribution in [3.8, 4) is 0 Å². The summed E-state index contributed by atoms with van der Waals surface area (Å²) in [6.45, 7) is 6.79. The van der Waals surface area contributed by atoms with Crippen LogP contribution in [0.25, 0.3) is 0 Å². The molecule has 0 aliphatic carbocycles. The van der Waals surface area contributed by atoms with Crippen LogP contribution in [0.4, 0.5) is 0 Å². The van der Waals surface area contributed by atoms with E-state index in [0.717, 1.165) is 18.5 Å². The minimum atomic E-state index is -0.434. The Balaban J connectivity index is 2.13. The molecular weight excluding hydrogens is 246 g/mol. The van der Waals surface area contributed by atoms with Crippen LogP contribution in [-0.2, 0) is 22.4 Å². The molecule has 0 radical (unpaired) electrons. The zero-order valence-corrected chi connectivity index (χ0v) is 12.0. The quantitative estimate of drug-likeness (QED) is 0.775. The number of ether oxygens (including phenoxy) is 2. The van der Waals surface area contributed by atoms with Crippen molar-refractivity contribution in [1.82, 2.24) is 15.0 Å². The van der Waals surface area contributed by atoms with Gasteiger partial charge in [-0.15, -0.1) is 5.10 Å². The van der Waals surface area contributed by atoms with Crippen LogP contribution in [0.15, 0.2) is 0 Å². The molecule has 19 heavy (non-hydrogen) atoms. The third-order valence-electron chi connectivity index (χ3n) is 3.48. The molecule has 2 heterocycles. The van der Waals surface area contributed by atoms with E-state index in [4.69, 9.17) is 9.47 Å². The third kappa shape index (κ3) is 2.94. The van der Waals surface area contributed by atoms with E-state index in [1.807, 2.05) is 6.92 Å². The van der Waals surface area contributed by atoms with Gasteiger partial charge in [-0.25, -0.2) is 9.48 Å². The normalized spacial score (nSPS) is 21.6. The van der Waals surface area contributed by atoms with Crippen molar-refractivity contribution in [2.75, 3.05) is 7.11 Å². The van der Waals surface area contributed by atoms with Gasteiger partial charge in [-0.05, 0) is 33.1 Å². The Kier molecular flexibility index (Phi) is 3.89. The van der Waals surface area contributed by atoms with E-state index in [0.29, 0.717) is 18.7 Å². The van der Waals surface area contributed by atoms with Gasteiger partial charge in [0.05, 0.1) is 31.1 Å². The fourth-order valence-electron chi connectivity index (χ4n) is 2.48.